The van der Waals surface area contributed by atoms with Crippen molar-refractivity contribution in [3.8, 4) is 0 Å². The van der Waals surface area contributed by atoms with Gasteiger partial charge in [-0.1, -0.05) is 30.3 Å². The van der Waals surface area contributed by atoms with E-state index in [1.54, 1.807) is 12.1 Å². The highest BCUT2D eigenvalue weighted by Gasteiger charge is 2.38. The summed E-state index contributed by atoms with van der Waals surface area (Å²) in [5, 5.41) is 10.5. The van der Waals surface area contributed by atoms with Gasteiger partial charge in [-0.25, -0.2) is 0 Å². The van der Waals surface area contributed by atoms with Crippen molar-refractivity contribution in [3.05, 3.63) is 54.6 Å². The molecule has 0 unspecified atom stereocenters. The van der Waals surface area contributed by atoms with E-state index in [-0.39, 0.29) is 33.7 Å². The zero-order valence-electron chi connectivity index (χ0n) is 20.1. The van der Waals surface area contributed by atoms with Crippen LogP contribution in [0.3, 0.4) is 0 Å². The van der Waals surface area contributed by atoms with Gasteiger partial charge in [-0.15, -0.1) is 0 Å². The molecule has 35 heavy (non-hydrogen) atoms. The topological polar surface area (TPSA) is 129 Å². The first kappa shape index (κ1) is 25.4. The van der Waals surface area contributed by atoms with E-state index in [1.165, 1.54) is 23.9 Å². The first-order valence-electron chi connectivity index (χ1n) is 11.3. The Labute approximate surface area is 210 Å². The molecule has 4 rings (SSSR count). The predicted molar refractivity (Wildman–Crippen MR) is 138 cm³/mol. The monoisotopic (exact) mass is 514 g/mol. The number of benzene rings is 2. The van der Waals surface area contributed by atoms with Crippen molar-refractivity contribution in [1.29, 1.82) is 0 Å². The molecule has 0 amide bonds. The number of aromatic nitrogens is 3. The van der Waals surface area contributed by atoms with Crippen LogP contribution in [0.25, 0.3) is 0 Å². The summed E-state index contributed by atoms with van der Waals surface area (Å²) in [4.78, 5) is 14.4. The van der Waals surface area contributed by atoms with E-state index in [1.807, 2.05) is 30.3 Å². The van der Waals surface area contributed by atoms with Crippen LogP contribution in [0.4, 0.5) is 17.6 Å². The summed E-state index contributed by atoms with van der Waals surface area (Å²) in [5.74, 6) is 0.563. The molecule has 1 aliphatic rings. The number of piperidine rings is 1. The Morgan fingerprint density at radius 2 is 1.51 bits per heavy atom. The summed E-state index contributed by atoms with van der Waals surface area (Å²) < 4.78 is 33.3. The van der Waals surface area contributed by atoms with Crippen molar-refractivity contribution in [2.75, 3.05) is 10.6 Å². The molecule has 11 heteroatoms. The highest BCUT2D eigenvalue weighted by Crippen LogP contribution is 2.32. The number of para-hydroxylation sites is 1. The maximum atomic E-state index is 11.8. The van der Waals surface area contributed by atoms with Gasteiger partial charge in [0.2, 0.25) is 11.9 Å². The van der Waals surface area contributed by atoms with Gasteiger partial charge in [0.1, 0.15) is 4.90 Å². The van der Waals surface area contributed by atoms with Crippen molar-refractivity contribution in [2.45, 2.75) is 72.6 Å². The lowest BCUT2D eigenvalue weighted by Gasteiger charge is -2.46. The van der Waals surface area contributed by atoms with Gasteiger partial charge in [0, 0.05) is 22.0 Å². The molecule has 0 radical (unpaired) electrons. The van der Waals surface area contributed by atoms with Crippen molar-refractivity contribution in [3.63, 3.8) is 0 Å². The Morgan fingerprint density at radius 3 is 2.17 bits per heavy atom. The van der Waals surface area contributed by atoms with Crippen LogP contribution < -0.4 is 16.0 Å². The lowest BCUT2D eigenvalue weighted by molar-refractivity contribution is 0.170. The van der Waals surface area contributed by atoms with Gasteiger partial charge in [0.15, 0.2) is 5.16 Å². The SMILES string of the molecule is CC1(C)CC(Nc2nc(Nc3ccccc3S(=O)(=O)O)nc(Sc3ccccc3)n2)CC(C)(C)N1. The van der Waals surface area contributed by atoms with Gasteiger partial charge in [0.25, 0.3) is 10.1 Å². The van der Waals surface area contributed by atoms with Gasteiger partial charge >= 0.3 is 0 Å². The molecule has 0 saturated carbocycles. The lowest BCUT2D eigenvalue weighted by atomic mass is 9.80. The van der Waals surface area contributed by atoms with E-state index in [4.69, 9.17) is 0 Å². The molecule has 0 atom stereocenters. The van der Waals surface area contributed by atoms with E-state index in [0.29, 0.717) is 11.1 Å². The van der Waals surface area contributed by atoms with Crippen LogP contribution in [0, 0.1) is 0 Å². The second-order valence-corrected chi connectivity index (χ2v) is 12.3. The zero-order chi connectivity index (χ0) is 25.3. The molecule has 1 aliphatic heterocycles. The van der Waals surface area contributed by atoms with E-state index >= 15 is 0 Å². The zero-order valence-corrected chi connectivity index (χ0v) is 21.7. The predicted octanol–water partition coefficient (Wildman–Crippen LogP) is 4.73. The van der Waals surface area contributed by atoms with Crippen molar-refractivity contribution in [1.82, 2.24) is 20.3 Å². The van der Waals surface area contributed by atoms with E-state index in [0.717, 1.165) is 17.7 Å². The molecule has 1 aromatic heterocycles. The van der Waals surface area contributed by atoms with Crippen LogP contribution in [-0.2, 0) is 10.1 Å². The summed E-state index contributed by atoms with van der Waals surface area (Å²) in [6.07, 6.45) is 1.75. The Bertz CT molecular complexity index is 1280. The maximum absolute atomic E-state index is 11.8. The first-order valence-corrected chi connectivity index (χ1v) is 13.5. The molecule has 3 aromatic rings. The van der Waals surface area contributed by atoms with E-state index in [9.17, 15) is 13.0 Å². The van der Waals surface area contributed by atoms with Crippen molar-refractivity contribution in [2.24, 2.45) is 0 Å². The highest BCUT2D eigenvalue weighted by atomic mass is 32.2. The maximum Gasteiger partial charge on any atom is 0.296 e. The fourth-order valence-electron chi connectivity index (χ4n) is 4.64. The smallest absolute Gasteiger partial charge is 0.296 e. The standard InChI is InChI=1S/C24H30N6O3S2/c1-23(2)14-16(15-24(3,4)30-23)25-20-27-21(26-18-12-8-9-13-19(18)35(31,32)33)29-22(28-20)34-17-10-6-5-7-11-17/h5-13,16,30H,14-15H2,1-4H3,(H,31,32,33)(H2,25,26,27,28,29). The quantitative estimate of drug-likeness (QED) is 0.328. The molecule has 1 fully saturated rings. The van der Waals surface area contributed by atoms with Gasteiger partial charge in [-0.05, 0) is 76.6 Å². The summed E-state index contributed by atoms with van der Waals surface area (Å²) >= 11 is 1.38. The normalized spacial score (nSPS) is 17.6. The minimum atomic E-state index is -4.43. The molecule has 1 saturated heterocycles. The van der Waals surface area contributed by atoms with E-state index < -0.39 is 10.1 Å². The summed E-state index contributed by atoms with van der Waals surface area (Å²) in [7, 11) is -4.43. The van der Waals surface area contributed by atoms with Gasteiger partial charge in [-0.2, -0.15) is 23.4 Å². The average Bonchev–Trinajstić information content (AvgIpc) is 2.71. The van der Waals surface area contributed by atoms with Crippen LogP contribution in [0.1, 0.15) is 40.5 Å². The van der Waals surface area contributed by atoms with Gasteiger partial charge in [-0.3, -0.25) is 4.55 Å². The Balaban J connectivity index is 1.68. The third-order valence-corrected chi connectivity index (χ3v) is 7.29. The van der Waals surface area contributed by atoms with Crippen LogP contribution in [0.15, 0.2) is 69.5 Å². The summed E-state index contributed by atoms with van der Waals surface area (Å²) in [5.41, 5.74) is 0.0413. The molecule has 4 N–H and O–H groups in total. The molecule has 186 valence electrons. The minimum Gasteiger partial charge on any atom is -0.351 e. The fourth-order valence-corrected chi connectivity index (χ4v) is 6.05. The molecule has 2 heterocycles. The Kier molecular flexibility index (Phi) is 7.05. The van der Waals surface area contributed by atoms with Crippen LogP contribution in [0.2, 0.25) is 0 Å². The van der Waals surface area contributed by atoms with Crippen molar-refractivity contribution < 1.29 is 13.0 Å². The van der Waals surface area contributed by atoms with Gasteiger partial charge in [0.05, 0.1) is 5.69 Å². The number of hydrogen-bond acceptors (Lipinski definition) is 9. The third kappa shape index (κ3) is 6.91. The lowest BCUT2D eigenvalue weighted by Crippen LogP contribution is -2.60. The molecule has 0 aliphatic carbocycles. The highest BCUT2D eigenvalue weighted by molar-refractivity contribution is 7.99. The van der Waals surface area contributed by atoms with Crippen LogP contribution >= 0.6 is 11.8 Å². The summed E-state index contributed by atoms with van der Waals surface area (Å²) in [6, 6.07) is 15.9. The fraction of sp³-hybridized carbons (Fsp3) is 0.375. The molecular weight excluding hydrogens is 484 g/mol. The number of nitrogens with one attached hydrogen (secondary N) is 3. The Hall–Kier alpha value is -2.73. The number of anilines is 3. The largest absolute Gasteiger partial charge is 0.351 e. The average molecular weight is 515 g/mol. The van der Waals surface area contributed by atoms with Gasteiger partial charge < -0.3 is 16.0 Å². The van der Waals surface area contributed by atoms with Crippen LogP contribution in [0.5, 0.6) is 0 Å². The van der Waals surface area contributed by atoms with Crippen LogP contribution in [-0.4, -0.2) is 45.0 Å². The second-order valence-electron chi connectivity index (χ2n) is 9.92. The number of rotatable bonds is 7. The molecule has 2 aromatic carbocycles. The Morgan fingerprint density at radius 1 is 0.914 bits per heavy atom. The summed E-state index contributed by atoms with van der Waals surface area (Å²) in [6.45, 7) is 8.69. The molecule has 9 nitrogen and oxygen atoms in total. The molecular formula is C24H30N6O3S2. The van der Waals surface area contributed by atoms with E-state index in [2.05, 4.69) is 58.6 Å². The number of nitrogens with zero attached hydrogens (tertiary/aromatic N) is 3. The molecule has 0 spiro atoms. The minimum absolute atomic E-state index is 0.0659. The molecule has 0 bridgehead atoms. The first-order chi connectivity index (χ1) is 16.4. The number of hydrogen-bond donors (Lipinski definition) is 4. The second kappa shape index (κ2) is 9.73. The third-order valence-electron chi connectivity index (χ3n) is 5.50. The van der Waals surface area contributed by atoms with Crippen molar-refractivity contribution >= 4 is 39.5 Å².